The molecule has 0 atom stereocenters. The van der Waals surface area contributed by atoms with Crippen molar-refractivity contribution in [1.29, 1.82) is 0 Å². The van der Waals surface area contributed by atoms with Crippen LogP contribution in [0.15, 0.2) is 35.7 Å². The Morgan fingerprint density at radius 2 is 1.72 bits per heavy atom. The van der Waals surface area contributed by atoms with Crippen LogP contribution in [0, 0.1) is 13.8 Å². The minimum atomic E-state index is -0.129. The molecule has 1 aromatic carbocycles. The van der Waals surface area contributed by atoms with Crippen LogP contribution in [0.25, 0.3) is 0 Å². The number of nitrogens with one attached hydrogen (secondary N) is 1. The fraction of sp³-hybridized carbons (Fsp3) is 0.368. The van der Waals surface area contributed by atoms with Crippen molar-refractivity contribution in [2.75, 3.05) is 32.5 Å². The molecule has 0 saturated heterocycles. The Kier molecular flexibility index (Phi) is 6.73. The number of likely N-dealkylation sites (N-methyl/N-ethyl adjacent to an activating group) is 2. The number of amides is 2. The minimum absolute atomic E-state index is 0.00145. The van der Waals surface area contributed by atoms with E-state index in [0.717, 1.165) is 11.3 Å². The first kappa shape index (κ1) is 19.1. The van der Waals surface area contributed by atoms with Crippen LogP contribution in [0.2, 0.25) is 0 Å². The summed E-state index contributed by atoms with van der Waals surface area (Å²) in [6.45, 7) is 5.03. The molecule has 0 aliphatic heterocycles. The molecule has 0 unspecified atom stereocenters. The van der Waals surface area contributed by atoms with Gasteiger partial charge in [0, 0.05) is 17.6 Å². The van der Waals surface area contributed by atoms with E-state index in [9.17, 15) is 9.59 Å². The van der Waals surface area contributed by atoms with Gasteiger partial charge in [-0.1, -0.05) is 17.7 Å². The maximum Gasteiger partial charge on any atom is 0.238 e. The Balaban J connectivity index is 1.79. The molecule has 6 heteroatoms. The van der Waals surface area contributed by atoms with Gasteiger partial charge in [0.05, 0.1) is 19.6 Å². The van der Waals surface area contributed by atoms with Crippen LogP contribution in [-0.2, 0) is 16.1 Å². The van der Waals surface area contributed by atoms with Crippen LogP contribution in [0.5, 0.6) is 0 Å². The van der Waals surface area contributed by atoms with E-state index in [1.54, 1.807) is 35.2 Å². The summed E-state index contributed by atoms with van der Waals surface area (Å²) in [4.78, 5) is 29.0. The summed E-state index contributed by atoms with van der Waals surface area (Å²) in [6, 6.07) is 9.69. The average Bonchev–Trinajstić information content (AvgIpc) is 2.94. The van der Waals surface area contributed by atoms with Gasteiger partial charge in [0.15, 0.2) is 0 Å². The lowest BCUT2D eigenvalue weighted by Crippen LogP contribution is -2.39. The molecule has 25 heavy (non-hydrogen) atoms. The molecule has 2 rings (SSSR count). The normalized spacial score (nSPS) is 10.8. The van der Waals surface area contributed by atoms with Gasteiger partial charge in [0.2, 0.25) is 11.8 Å². The topological polar surface area (TPSA) is 52.7 Å². The van der Waals surface area contributed by atoms with Gasteiger partial charge in [0.1, 0.15) is 0 Å². The van der Waals surface area contributed by atoms with Crippen molar-refractivity contribution in [3.05, 3.63) is 51.7 Å². The second-order valence-corrected chi connectivity index (χ2v) is 7.36. The highest BCUT2D eigenvalue weighted by Crippen LogP contribution is 2.17. The van der Waals surface area contributed by atoms with Crippen molar-refractivity contribution in [3.63, 3.8) is 0 Å². The summed E-state index contributed by atoms with van der Waals surface area (Å²) < 4.78 is 0. The van der Waals surface area contributed by atoms with Crippen molar-refractivity contribution in [1.82, 2.24) is 9.80 Å². The molecule has 2 aromatic rings. The molecule has 0 aliphatic rings. The first-order valence-corrected chi connectivity index (χ1v) is 9.05. The molecule has 1 N–H and O–H groups in total. The number of thiophene rings is 1. The Hall–Kier alpha value is -2.18. The molecule has 0 bridgehead atoms. The smallest absolute Gasteiger partial charge is 0.238 e. The van der Waals surface area contributed by atoms with Gasteiger partial charge in [-0.05, 0) is 50.0 Å². The lowest BCUT2D eigenvalue weighted by Gasteiger charge is -2.21. The summed E-state index contributed by atoms with van der Waals surface area (Å²) in [5.74, 6) is -0.130. The van der Waals surface area contributed by atoms with E-state index in [1.165, 1.54) is 10.4 Å². The van der Waals surface area contributed by atoms with Crippen LogP contribution in [0.3, 0.4) is 0 Å². The molecule has 1 heterocycles. The summed E-state index contributed by atoms with van der Waals surface area (Å²) >= 11 is 1.66. The second kappa shape index (κ2) is 8.78. The van der Waals surface area contributed by atoms with Crippen molar-refractivity contribution < 1.29 is 9.59 Å². The molecule has 0 aliphatic carbocycles. The molecule has 0 saturated carbocycles. The van der Waals surface area contributed by atoms with Crippen molar-refractivity contribution in [3.8, 4) is 0 Å². The Labute approximate surface area is 153 Å². The number of hydrogen-bond donors (Lipinski definition) is 1. The number of carbonyl (C=O) groups excluding carboxylic acids is 2. The van der Waals surface area contributed by atoms with Gasteiger partial charge in [0.25, 0.3) is 0 Å². The SMILES string of the molecule is Cc1ccc(NC(=O)CN(C)CC(=O)N(C)Cc2sccc2C)cc1. The Morgan fingerprint density at radius 3 is 2.32 bits per heavy atom. The standard InChI is InChI=1S/C19H25N3O2S/c1-14-5-7-16(8-6-14)20-18(23)12-21(3)13-19(24)22(4)11-17-15(2)9-10-25-17/h5-10H,11-13H2,1-4H3,(H,20,23). The van der Waals surface area contributed by atoms with Crippen LogP contribution < -0.4 is 5.32 Å². The lowest BCUT2D eigenvalue weighted by molar-refractivity contribution is -0.131. The molecule has 0 fully saturated rings. The summed E-state index contributed by atoms with van der Waals surface area (Å²) in [5.41, 5.74) is 3.11. The number of aryl methyl sites for hydroxylation is 2. The van der Waals surface area contributed by atoms with E-state index >= 15 is 0 Å². The molecule has 1 aromatic heterocycles. The number of nitrogens with zero attached hydrogens (tertiary/aromatic N) is 2. The molecule has 2 amide bonds. The number of benzene rings is 1. The quantitative estimate of drug-likeness (QED) is 0.827. The zero-order valence-corrected chi connectivity index (χ0v) is 16.0. The number of carbonyl (C=O) groups is 2. The lowest BCUT2D eigenvalue weighted by atomic mass is 10.2. The third-order valence-electron chi connectivity index (χ3n) is 3.93. The molecular formula is C19H25N3O2S. The minimum Gasteiger partial charge on any atom is -0.339 e. The van der Waals surface area contributed by atoms with Crippen LogP contribution in [0.4, 0.5) is 5.69 Å². The zero-order chi connectivity index (χ0) is 18.4. The summed E-state index contributed by atoms with van der Waals surface area (Å²) in [5, 5.41) is 4.87. The van der Waals surface area contributed by atoms with Gasteiger partial charge < -0.3 is 10.2 Å². The first-order valence-electron chi connectivity index (χ1n) is 8.17. The van der Waals surface area contributed by atoms with Crippen LogP contribution in [0.1, 0.15) is 16.0 Å². The van der Waals surface area contributed by atoms with Gasteiger partial charge in [-0.15, -0.1) is 11.3 Å². The third-order valence-corrected chi connectivity index (χ3v) is 4.94. The maximum absolute atomic E-state index is 12.3. The zero-order valence-electron chi connectivity index (χ0n) is 15.2. The van der Waals surface area contributed by atoms with E-state index in [1.807, 2.05) is 43.5 Å². The second-order valence-electron chi connectivity index (χ2n) is 6.36. The summed E-state index contributed by atoms with van der Waals surface area (Å²) in [7, 11) is 3.57. The highest BCUT2D eigenvalue weighted by Gasteiger charge is 2.15. The average molecular weight is 359 g/mol. The van der Waals surface area contributed by atoms with E-state index < -0.39 is 0 Å². The predicted octanol–water partition coefficient (Wildman–Crippen LogP) is 2.89. The van der Waals surface area contributed by atoms with Gasteiger partial charge in [-0.25, -0.2) is 0 Å². The first-order chi connectivity index (χ1) is 11.8. The monoisotopic (exact) mass is 359 g/mol. The highest BCUT2D eigenvalue weighted by atomic mass is 32.1. The molecular weight excluding hydrogens is 334 g/mol. The van der Waals surface area contributed by atoms with E-state index in [2.05, 4.69) is 11.4 Å². The largest absolute Gasteiger partial charge is 0.339 e. The molecule has 0 radical (unpaired) electrons. The molecule has 134 valence electrons. The van der Waals surface area contributed by atoms with E-state index in [4.69, 9.17) is 0 Å². The Morgan fingerprint density at radius 1 is 1.04 bits per heavy atom. The molecule has 0 spiro atoms. The number of hydrogen-bond acceptors (Lipinski definition) is 4. The van der Waals surface area contributed by atoms with Crippen LogP contribution in [-0.4, -0.2) is 48.8 Å². The van der Waals surface area contributed by atoms with E-state index in [-0.39, 0.29) is 24.9 Å². The van der Waals surface area contributed by atoms with Gasteiger partial charge >= 0.3 is 0 Å². The van der Waals surface area contributed by atoms with Gasteiger partial charge in [-0.3, -0.25) is 14.5 Å². The van der Waals surface area contributed by atoms with E-state index in [0.29, 0.717) is 6.54 Å². The van der Waals surface area contributed by atoms with Crippen LogP contribution >= 0.6 is 11.3 Å². The summed E-state index contributed by atoms with van der Waals surface area (Å²) in [6.07, 6.45) is 0. The van der Waals surface area contributed by atoms with Crippen molar-refractivity contribution >= 4 is 28.8 Å². The third kappa shape index (κ3) is 5.99. The van der Waals surface area contributed by atoms with Gasteiger partial charge in [-0.2, -0.15) is 0 Å². The van der Waals surface area contributed by atoms with Crippen molar-refractivity contribution in [2.24, 2.45) is 0 Å². The highest BCUT2D eigenvalue weighted by molar-refractivity contribution is 7.10. The maximum atomic E-state index is 12.3. The van der Waals surface area contributed by atoms with Crippen molar-refractivity contribution in [2.45, 2.75) is 20.4 Å². The Bertz CT molecular complexity index is 725. The predicted molar refractivity (Wildman–Crippen MR) is 103 cm³/mol. The molecule has 5 nitrogen and oxygen atoms in total. The fourth-order valence-corrected chi connectivity index (χ4v) is 3.32. The number of rotatable bonds is 7. The number of anilines is 1. The fourth-order valence-electron chi connectivity index (χ4n) is 2.36.